The standard InChI is InChI=1S/C8H13NS/c1-6-3-4-8(9)10-5-7(6)2/h3-6,8H,9H2,1-2H3. The predicted octanol–water partition coefficient (Wildman–Crippen LogP) is 2.11. The van der Waals surface area contributed by atoms with Crippen LogP contribution in [0.4, 0.5) is 0 Å². The Hall–Kier alpha value is -0.210. The van der Waals surface area contributed by atoms with E-state index in [-0.39, 0.29) is 5.37 Å². The van der Waals surface area contributed by atoms with E-state index in [0.29, 0.717) is 5.92 Å². The second-order valence-electron chi connectivity index (χ2n) is 2.64. The van der Waals surface area contributed by atoms with Crippen molar-refractivity contribution >= 4 is 11.8 Å². The zero-order chi connectivity index (χ0) is 7.56. The van der Waals surface area contributed by atoms with E-state index in [2.05, 4.69) is 31.4 Å². The van der Waals surface area contributed by atoms with Crippen LogP contribution >= 0.6 is 11.8 Å². The van der Waals surface area contributed by atoms with Gasteiger partial charge in [0.2, 0.25) is 0 Å². The Balaban J connectivity index is 2.71. The Labute approximate surface area is 66.4 Å². The molecule has 0 aromatic carbocycles. The lowest BCUT2D eigenvalue weighted by Gasteiger charge is -2.01. The fourth-order valence-corrected chi connectivity index (χ4v) is 1.53. The summed E-state index contributed by atoms with van der Waals surface area (Å²) >= 11 is 1.68. The number of allylic oxidation sites excluding steroid dienone is 2. The van der Waals surface area contributed by atoms with Gasteiger partial charge in [-0.3, -0.25) is 0 Å². The van der Waals surface area contributed by atoms with E-state index >= 15 is 0 Å². The highest BCUT2D eigenvalue weighted by Gasteiger charge is 2.05. The van der Waals surface area contributed by atoms with Crippen molar-refractivity contribution in [1.82, 2.24) is 0 Å². The molecule has 0 aliphatic carbocycles. The van der Waals surface area contributed by atoms with Gasteiger partial charge in [-0.15, -0.1) is 11.8 Å². The maximum absolute atomic E-state index is 5.69. The molecule has 0 aromatic heterocycles. The molecule has 2 N–H and O–H groups in total. The zero-order valence-corrected chi connectivity index (χ0v) is 7.19. The topological polar surface area (TPSA) is 26.0 Å². The largest absolute Gasteiger partial charge is 0.316 e. The summed E-state index contributed by atoms with van der Waals surface area (Å²) < 4.78 is 0. The van der Waals surface area contributed by atoms with E-state index in [1.54, 1.807) is 11.8 Å². The SMILES string of the molecule is CC1=CSC(N)C=CC1C. The molecule has 1 rings (SSSR count). The normalized spacial score (nSPS) is 33.3. The van der Waals surface area contributed by atoms with Crippen molar-refractivity contribution in [2.24, 2.45) is 11.7 Å². The van der Waals surface area contributed by atoms with Gasteiger partial charge in [-0.1, -0.05) is 24.6 Å². The molecule has 1 nitrogen and oxygen atoms in total. The Bertz CT molecular complexity index is 172. The summed E-state index contributed by atoms with van der Waals surface area (Å²) in [5.74, 6) is 0.557. The van der Waals surface area contributed by atoms with Crippen LogP contribution in [0.2, 0.25) is 0 Å². The molecule has 0 amide bonds. The molecule has 0 saturated carbocycles. The molecule has 1 heterocycles. The first-order valence-electron chi connectivity index (χ1n) is 3.46. The number of hydrogen-bond acceptors (Lipinski definition) is 2. The molecule has 0 radical (unpaired) electrons. The first-order chi connectivity index (χ1) is 4.70. The summed E-state index contributed by atoms with van der Waals surface area (Å²) in [4.78, 5) is 0. The van der Waals surface area contributed by atoms with Crippen molar-refractivity contribution in [3.63, 3.8) is 0 Å². The first-order valence-corrected chi connectivity index (χ1v) is 4.40. The molecule has 10 heavy (non-hydrogen) atoms. The minimum absolute atomic E-state index is 0.153. The first kappa shape index (κ1) is 7.89. The van der Waals surface area contributed by atoms with Crippen molar-refractivity contribution in [3.05, 3.63) is 23.1 Å². The number of rotatable bonds is 0. The van der Waals surface area contributed by atoms with Crippen LogP contribution in [0.5, 0.6) is 0 Å². The minimum atomic E-state index is 0.153. The summed E-state index contributed by atoms with van der Waals surface area (Å²) in [5, 5.41) is 2.30. The highest BCUT2D eigenvalue weighted by Crippen LogP contribution is 2.22. The van der Waals surface area contributed by atoms with Crippen LogP contribution in [0.3, 0.4) is 0 Å². The van der Waals surface area contributed by atoms with Gasteiger partial charge in [0, 0.05) is 0 Å². The maximum atomic E-state index is 5.69. The molecular formula is C8H13NS. The monoisotopic (exact) mass is 155 g/mol. The van der Waals surface area contributed by atoms with Crippen LogP contribution in [0.1, 0.15) is 13.8 Å². The predicted molar refractivity (Wildman–Crippen MR) is 47.6 cm³/mol. The quantitative estimate of drug-likeness (QED) is 0.542. The van der Waals surface area contributed by atoms with Gasteiger partial charge < -0.3 is 5.73 Å². The smallest absolute Gasteiger partial charge is 0.0735 e. The Morgan fingerprint density at radius 1 is 1.50 bits per heavy atom. The fourth-order valence-electron chi connectivity index (χ4n) is 0.767. The van der Waals surface area contributed by atoms with Crippen LogP contribution in [0, 0.1) is 5.92 Å². The fraction of sp³-hybridized carbons (Fsp3) is 0.500. The average molecular weight is 155 g/mol. The molecule has 2 atom stereocenters. The molecular weight excluding hydrogens is 142 g/mol. The van der Waals surface area contributed by atoms with Crippen molar-refractivity contribution in [2.45, 2.75) is 19.2 Å². The third-order valence-corrected chi connectivity index (χ3v) is 2.70. The molecule has 56 valence electrons. The zero-order valence-electron chi connectivity index (χ0n) is 6.37. The van der Waals surface area contributed by atoms with E-state index in [1.165, 1.54) is 5.57 Å². The Morgan fingerprint density at radius 2 is 2.20 bits per heavy atom. The van der Waals surface area contributed by atoms with Crippen LogP contribution in [-0.4, -0.2) is 5.37 Å². The van der Waals surface area contributed by atoms with Gasteiger partial charge in [0.05, 0.1) is 5.37 Å². The van der Waals surface area contributed by atoms with E-state index in [9.17, 15) is 0 Å². The van der Waals surface area contributed by atoms with E-state index < -0.39 is 0 Å². The van der Waals surface area contributed by atoms with E-state index in [4.69, 9.17) is 5.73 Å². The summed E-state index contributed by atoms with van der Waals surface area (Å²) in [6, 6.07) is 0. The lowest BCUT2D eigenvalue weighted by molar-refractivity contribution is 0.863. The van der Waals surface area contributed by atoms with Gasteiger partial charge >= 0.3 is 0 Å². The third-order valence-electron chi connectivity index (χ3n) is 1.72. The van der Waals surface area contributed by atoms with Crippen LogP contribution in [0.15, 0.2) is 23.1 Å². The molecule has 1 aliphatic rings. The molecule has 0 aromatic rings. The van der Waals surface area contributed by atoms with Gasteiger partial charge in [0.25, 0.3) is 0 Å². The van der Waals surface area contributed by atoms with Crippen LogP contribution in [0.25, 0.3) is 0 Å². The van der Waals surface area contributed by atoms with Crippen molar-refractivity contribution in [1.29, 1.82) is 0 Å². The molecule has 1 aliphatic heterocycles. The van der Waals surface area contributed by atoms with Crippen molar-refractivity contribution in [2.75, 3.05) is 0 Å². The summed E-state index contributed by atoms with van der Waals surface area (Å²) in [6.45, 7) is 4.32. The maximum Gasteiger partial charge on any atom is 0.0735 e. The van der Waals surface area contributed by atoms with Gasteiger partial charge in [-0.2, -0.15) is 0 Å². The molecule has 0 fully saturated rings. The average Bonchev–Trinajstić information content (AvgIpc) is 2.04. The highest BCUT2D eigenvalue weighted by atomic mass is 32.2. The van der Waals surface area contributed by atoms with Gasteiger partial charge in [-0.05, 0) is 18.2 Å². The van der Waals surface area contributed by atoms with Gasteiger partial charge in [0.15, 0.2) is 0 Å². The number of nitrogens with two attached hydrogens (primary N) is 1. The molecule has 2 heteroatoms. The van der Waals surface area contributed by atoms with E-state index in [0.717, 1.165) is 0 Å². The highest BCUT2D eigenvalue weighted by molar-refractivity contribution is 8.02. The summed E-state index contributed by atoms with van der Waals surface area (Å²) in [6.07, 6.45) is 4.22. The van der Waals surface area contributed by atoms with Crippen LogP contribution in [-0.2, 0) is 0 Å². The van der Waals surface area contributed by atoms with Crippen LogP contribution < -0.4 is 5.73 Å². The third kappa shape index (κ3) is 1.89. The molecule has 0 saturated heterocycles. The molecule has 0 bridgehead atoms. The van der Waals surface area contributed by atoms with E-state index in [1.807, 2.05) is 0 Å². The molecule has 2 unspecified atom stereocenters. The lowest BCUT2D eigenvalue weighted by Crippen LogP contribution is -2.09. The Kier molecular flexibility index (Phi) is 2.57. The second-order valence-corrected chi connectivity index (χ2v) is 3.69. The van der Waals surface area contributed by atoms with Gasteiger partial charge in [-0.25, -0.2) is 0 Å². The lowest BCUT2D eigenvalue weighted by atomic mass is 10.0. The number of thioether (sulfide) groups is 1. The summed E-state index contributed by atoms with van der Waals surface area (Å²) in [5.41, 5.74) is 7.09. The van der Waals surface area contributed by atoms with Crippen molar-refractivity contribution < 1.29 is 0 Å². The number of hydrogen-bond donors (Lipinski definition) is 1. The summed E-state index contributed by atoms with van der Waals surface area (Å²) in [7, 11) is 0. The molecule has 0 spiro atoms. The minimum Gasteiger partial charge on any atom is -0.316 e. The second kappa shape index (κ2) is 3.26. The van der Waals surface area contributed by atoms with Gasteiger partial charge in [0.1, 0.15) is 0 Å². The Morgan fingerprint density at radius 3 is 2.90 bits per heavy atom. The van der Waals surface area contributed by atoms with Crippen molar-refractivity contribution in [3.8, 4) is 0 Å².